The second kappa shape index (κ2) is 9.85. The van der Waals surface area contributed by atoms with Crippen LogP contribution in [0.4, 0.5) is 10.5 Å². The number of piperidine rings is 1. The van der Waals surface area contributed by atoms with E-state index in [1.807, 2.05) is 50.2 Å². The molecule has 3 amide bonds. The summed E-state index contributed by atoms with van der Waals surface area (Å²) in [6.07, 6.45) is 3.25. The molecule has 2 aromatic carbocycles. The highest BCUT2D eigenvalue weighted by Gasteiger charge is 2.24. The van der Waals surface area contributed by atoms with Crippen LogP contribution in [0.3, 0.4) is 0 Å². The van der Waals surface area contributed by atoms with Crippen molar-refractivity contribution >= 4 is 28.5 Å². The number of benzene rings is 2. The molecule has 1 aliphatic heterocycles. The molecule has 1 unspecified atom stereocenters. The second-order valence-corrected chi connectivity index (χ2v) is 8.70. The molecule has 1 aromatic heterocycles. The van der Waals surface area contributed by atoms with Gasteiger partial charge >= 0.3 is 6.03 Å². The number of anilines is 1. The molecule has 3 aromatic rings. The summed E-state index contributed by atoms with van der Waals surface area (Å²) < 4.78 is 1.38. The Morgan fingerprint density at radius 3 is 2.70 bits per heavy atom. The monoisotopic (exact) mass is 447 g/mol. The SMILES string of the molecule is Cc1ccc(NC(=O)NCC2CCCN(C(=O)Cn3cnc4c(C)cccc4c3=O)C2)cc1. The number of aryl methyl sites for hydroxylation is 2. The van der Waals surface area contributed by atoms with Crippen LogP contribution < -0.4 is 16.2 Å². The third kappa shape index (κ3) is 5.39. The van der Waals surface area contributed by atoms with Crippen molar-refractivity contribution < 1.29 is 9.59 Å². The van der Waals surface area contributed by atoms with Crippen LogP contribution in [-0.2, 0) is 11.3 Å². The van der Waals surface area contributed by atoms with E-state index in [1.165, 1.54) is 10.9 Å². The number of hydrogen-bond donors (Lipinski definition) is 2. The highest BCUT2D eigenvalue weighted by Crippen LogP contribution is 2.17. The zero-order chi connectivity index (χ0) is 23.4. The van der Waals surface area contributed by atoms with Crippen LogP contribution >= 0.6 is 0 Å². The molecule has 0 bridgehead atoms. The van der Waals surface area contributed by atoms with Crippen molar-refractivity contribution in [2.45, 2.75) is 33.2 Å². The van der Waals surface area contributed by atoms with Gasteiger partial charge in [-0.3, -0.25) is 14.2 Å². The summed E-state index contributed by atoms with van der Waals surface area (Å²) in [5.41, 5.74) is 3.26. The van der Waals surface area contributed by atoms with Gasteiger partial charge in [-0.25, -0.2) is 9.78 Å². The molecule has 8 heteroatoms. The molecule has 4 rings (SSSR count). The summed E-state index contributed by atoms with van der Waals surface area (Å²) in [5.74, 6) is 0.0558. The Balaban J connectivity index is 1.32. The van der Waals surface area contributed by atoms with Crippen molar-refractivity contribution in [3.8, 4) is 0 Å². The Labute approximate surface area is 192 Å². The van der Waals surface area contributed by atoms with Crippen LogP contribution in [0, 0.1) is 19.8 Å². The predicted molar refractivity (Wildman–Crippen MR) is 128 cm³/mol. The minimum atomic E-state index is -0.258. The van der Waals surface area contributed by atoms with Gasteiger partial charge in [-0.2, -0.15) is 0 Å². The number of carbonyl (C=O) groups is 2. The zero-order valence-corrected chi connectivity index (χ0v) is 19.0. The number of aromatic nitrogens is 2. The van der Waals surface area contributed by atoms with Gasteiger partial charge in [0.15, 0.2) is 0 Å². The van der Waals surface area contributed by atoms with Crippen molar-refractivity contribution in [2.75, 3.05) is 25.0 Å². The smallest absolute Gasteiger partial charge is 0.319 e. The molecule has 0 spiro atoms. The summed E-state index contributed by atoms with van der Waals surface area (Å²) in [5, 5.41) is 6.25. The molecule has 1 aliphatic rings. The molecule has 33 heavy (non-hydrogen) atoms. The molecule has 1 atom stereocenters. The van der Waals surface area contributed by atoms with E-state index < -0.39 is 0 Å². The van der Waals surface area contributed by atoms with Crippen LogP contribution in [0.25, 0.3) is 10.9 Å². The van der Waals surface area contributed by atoms with Gasteiger partial charge in [0.1, 0.15) is 6.54 Å². The number of nitrogens with zero attached hydrogens (tertiary/aromatic N) is 3. The number of rotatable bonds is 5. The van der Waals surface area contributed by atoms with Gasteiger partial charge in [0.2, 0.25) is 5.91 Å². The molecule has 0 radical (unpaired) electrons. The normalized spacial score (nSPS) is 15.9. The predicted octanol–water partition coefficient (Wildman–Crippen LogP) is 3.07. The van der Waals surface area contributed by atoms with Crippen molar-refractivity contribution in [2.24, 2.45) is 5.92 Å². The summed E-state index contributed by atoms with van der Waals surface area (Å²) in [4.78, 5) is 44.1. The average Bonchev–Trinajstić information content (AvgIpc) is 2.81. The van der Waals surface area contributed by atoms with E-state index in [0.717, 1.165) is 29.7 Å². The number of urea groups is 1. The molecular formula is C25H29N5O3. The number of amides is 3. The fourth-order valence-electron chi connectivity index (χ4n) is 4.20. The Morgan fingerprint density at radius 2 is 1.91 bits per heavy atom. The minimum Gasteiger partial charge on any atom is -0.341 e. The first kappa shape index (κ1) is 22.5. The number of carbonyl (C=O) groups excluding carboxylic acids is 2. The molecule has 8 nitrogen and oxygen atoms in total. The lowest BCUT2D eigenvalue weighted by molar-refractivity contribution is -0.133. The molecule has 1 fully saturated rings. The van der Waals surface area contributed by atoms with E-state index in [9.17, 15) is 14.4 Å². The highest BCUT2D eigenvalue weighted by molar-refractivity contribution is 5.89. The summed E-state index contributed by atoms with van der Waals surface area (Å²) >= 11 is 0. The summed E-state index contributed by atoms with van der Waals surface area (Å²) in [7, 11) is 0. The summed E-state index contributed by atoms with van der Waals surface area (Å²) in [6.45, 7) is 5.56. The Kier molecular flexibility index (Phi) is 6.72. The van der Waals surface area contributed by atoms with Crippen LogP contribution in [-0.4, -0.2) is 46.0 Å². The quantitative estimate of drug-likeness (QED) is 0.628. The number of hydrogen-bond acceptors (Lipinski definition) is 4. The standard InChI is InChI=1S/C25H29N5O3/c1-17-8-10-20(11-9-17)28-25(33)26-13-19-6-4-12-29(14-19)22(31)15-30-16-27-23-18(2)5-3-7-21(23)24(30)32/h3,5,7-11,16,19H,4,6,12-15H2,1-2H3,(H2,26,28,33). The van der Waals surface area contributed by atoms with Crippen LogP contribution in [0.1, 0.15) is 24.0 Å². The fraction of sp³-hybridized carbons (Fsp3) is 0.360. The molecular weight excluding hydrogens is 418 g/mol. The Hall–Kier alpha value is -3.68. The van der Waals surface area contributed by atoms with E-state index in [-0.39, 0.29) is 30.0 Å². The van der Waals surface area contributed by atoms with Gasteiger partial charge in [-0.05, 0) is 56.4 Å². The van der Waals surface area contributed by atoms with Gasteiger partial charge in [-0.15, -0.1) is 0 Å². The molecule has 0 aliphatic carbocycles. The molecule has 1 saturated heterocycles. The lowest BCUT2D eigenvalue weighted by atomic mass is 9.98. The summed E-state index contributed by atoms with van der Waals surface area (Å²) in [6, 6.07) is 12.8. The maximum absolute atomic E-state index is 12.9. The topological polar surface area (TPSA) is 96.3 Å². The Bertz CT molecular complexity index is 1220. The maximum atomic E-state index is 12.9. The van der Waals surface area contributed by atoms with Gasteiger partial charge in [-0.1, -0.05) is 29.8 Å². The fourth-order valence-corrected chi connectivity index (χ4v) is 4.20. The molecule has 0 saturated carbocycles. The first-order valence-corrected chi connectivity index (χ1v) is 11.2. The average molecular weight is 448 g/mol. The first-order valence-electron chi connectivity index (χ1n) is 11.2. The van der Waals surface area contributed by atoms with E-state index >= 15 is 0 Å². The van der Waals surface area contributed by atoms with Crippen LogP contribution in [0.2, 0.25) is 0 Å². The van der Waals surface area contributed by atoms with E-state index in [0.29, 0.717) is 30.5 Å². The van der Waals surface area contributed by atoms with Gasteiger partial charge in [0.25, 0.3) is 5.56 Å². The van der Waals surface area contributed by atoms with E-state index in [1.54, 1.807) is 11.0 Å². The van der Waals surface area contributed by atoms with Gasteiger partial charge < -0.3 is 15.5 Å². The van der Waals surface area contributed by atoms with Crippen molar-refractivity contribution in [1.82, 2.24) is 19.8 Å². The van der Waals surface area contributed by atoms with Crippen LogP contribution in [0.15, 0.2) is 53.6 Å². The lowest BCUT2D eigenvalue weighted by Crippen LogP contribution is -2.46. The zero-order valence-electron chi connectivity index (χ0n) is 19.0. The van der Waals surface area contributed by atoms with Crippen molar-refractivity contribution in [3.05, 3.63) is 70.3 Å². The van der Waals surface area contributed by atoms with E-state index in [4.69, 9.17) is 0 Å². The van der Waals surface area contributed by atoms with Gasteiger partial charge in [0, 0.05) is 25.3 Å². The largest absolute Gasteiger partial charge is 0.341 e. The first-order chi connectivity index (χ1) is 15.9. The maximum Gasteiger partial charge on any atom is 0.319 e. The second-order valence-electron chi connectivity index (χ2n) is 8.70. The molecule has 172 valence electrons. The van der Waals surface area contributed by atoms with Crippen LogP contribution in [0.5, 0.6) is 0 Å². The molecule has 2 N–H and O–H groups in total. The Morgan fingerprint density at radius 1 is 1.12 bits per heavy atom. The highest BCUT2D eigenvalue weighted by atomic mass is 16.2. The van der Waals surface area contributed by atoms with Gasteiger partial charge in [0.05, 0.1) is 17.2 Å². The third-order valence-corrected chi connectivity index (χ3v) is 6.09. The van der Waals surface area contributed by atoms with Crippen molar-refractivity contribution in [1.29, 1.82) is 0 Å². The number of fused-ring (bicyclic) bond motifs is 1. The number of likely N-dealkylation sites (tertiary alicyclic amines) is 1. The lowest BCUT2D eigenvalue weighted by Gasteiger charge is -2.33. The number of para-hydroxylation sites is 1. The third-order valence-electron chi connectivity index (χ3n) is 6.09. The van der Waals surface area contributed by atoms with E-state index in [2.05, 4.69) is 15.6 Å². The minimum absolute atomic E-state index is 0.0379. The van der Waals surface area contributed by atoms with Crippen molar-refractivity contribution in [3.63, 3.8) is 0 Å². The number of nitrogens with one attached hydrogen (secondary N) is 2. The molecule has 2 heterocycles.